The van der Waals surface area contributed by atoms with E-state index in [4.69, 9.17) is 9.47 Å². The lowest BCUT2D eigenvalue weighted by Crippen LogP contribution is -3.00. The zero-order valence-corrected chi connectivity index (χ0v) is 12.0. The van der Waals surface area contributed by atoms with E-state index in [0.29, 0.717) is 0 Å². The number of quaternary nitrogens is 1. The molecule has 1 unspecified atom stereocenters. The molecule has 0 fully saturated rings. The zero-order valence-electron chi connectivity index (χ0n) is 11.3. The number of hydrogen-bond acceptors (Lipinski definition) is 2. The van der Waals surface area contributed by atoms with Crippen molar-refractivity contribution in [1.29, 1.82) is 0 Å². The first-order valence-electron chi connectivity index (χ1n) is 5.61. The number of nitrogens with zero attached hydrogens (tertiary/aromatic N) is 1. The van der Waals surface area contributed by atoms with Gasteiger partial charge >= 0.3 is 0 Å². The molecule has 0 spiro atoms. The third-order valence-corrected chi connectivity index (χ3v) is 1.83. The third-order valence-electron chi connectivity index (χ3n) is 1.83. The van der Waals surface area contributed by atoms with E-state index in [1.807, 2.05) is 6.92 Å². The summed E-state index contributed by atoms with van der Waals surface area (Å²) in [6.07, 6.45) is 2.04. The highest BCUT2D eigenvalue weighted by atomic mass is 35.5. The Bertz CT molecular complexity index is 190. The molecule has 0 bridgehead atoms. The van der Waals surface area contributed by atoms with Crippen LogP contribution < -0.4 is 12.4 Å². The molecule has 0 amide bonds. The molecule has 0 aliphatic carbocycles. The van der Waals surface area contributed by atoms with Crippen molar-refractivity contribution in [2.75, 3.05) is 34.3 Å². The first-order chi connectivity index (χ1) is 6.85. The van der Waals surface area contributed by atoms with Gasteiger partial charge in [-0.05, 0) is 13.3 Å². The lowest BCUT2D eigenvalue weighted by Gasteiger charge is -2.26. The summed E-state index contributed by atoms with van der Waals surface area (Å²) in [5.41, 5.74) is 0. The van der Waals surface area contributed by atoms with Crippen molar-refractivity contribution in [2.24, 2.45) is 0 Å². The molecule has 16 heavy (non-hydrogen) atoms. The van der Waals surface area contributed by atoms with Gasteiger partial charge in [-0.3, -0.25) is 0 Å². The molecule has 0 aliphatic heterocycles. The molecule has 4 heteroatoms. The fourth-order valence-electron chi connectivity index (χ4n) is 1.23. The van der Waals surface area contributed by atoms with Crippen LogP contribution in [-0.4, -0.2) is 45.1 Å². The largest absolute Gasteiger partial charge is 1.00 e. The standard InChI is InChI=1S/C12H26NO2.ClH/c1-7-8-9-14-12(3)15-11(2)10-13(4,5)6;/h12H,2,7-10H2,1,3-6H3;1H/q+1;/p-1. The van der Waals surface area contributed by atoms with Gasteiger partial charge in [-0.1, -0.05) is 19.9 Å². The van der Waals surface area contributed by atoms with Crippen LogP contribution in [0.5, 0.6) is 0 Å². The zero-order chi connectivity index (χ0) is 11.9. The van der Waals surface area contributed by atoms with Crippen molar-refractivity contribution >= 4 is 0 Å². The van der Waals surface area contributed by atoms with Crippen LogP contribution in [0.2, 0.25) is 0 Å². The predicted octanol–water partition coefficient (Wildman–Crippen LogP) is -0.610. The molecule has 0 saturated carbocycles. The van der Waals surface area contributed by atoms with Crippen LogP contribution in [0, 0.1) is 0 Å². The minimum Gasteiger partial charge on any atom is -1.00 e. The van der Waals surface area contributed by atoms with Gasteiger partial charge in [-0.2, -0.15) is 0 Å². The van der Waals surface area contributed by atoms with Crippen molar-refractivity contribution in [3.63, 3.8) is 0 Å². The lowest BCUT2D eigenvalue weighted by atomic mass is 10.4. The summed E-state index contributed by atoms with van der Waals surface area (Å²) in [6, 6.07) is 0. The van der Waals surface area contributed by atoms with Gasteiger partial charge in [0.2, 0.25) is 0 Å². The topological polar surface area (TPSA) is 18.5 Å². The summed E-state index contributed by atoms with van der Waals surface area (Å²) < 4.78 is 11.8. The maximum atomic E-state index is 5.54. The molecule has 0 radical (unpaired) electrons. The predicted molar refractivity (Wildman–Crippen MR) is 63.4 cm³/mol. The van der Waals surface area contributed by atoms with Gasteiger partial charge in [-0.25, -0.2) is 0 Å². The maximum Gasteiger partial charge on any atom is 0.196 e. The number of ether oxygens (including phenoxy) is 2. The van der Waals surface area contributed by atoms with E-state index in [-0.39, 0.29) is 18.7 Å². The lowest BCUT2D eigenvalue weighted by molar-refractivity contribution is -0.866. The third kappa shape index (κ3) is 11.8. The molecule has 3 nitrogen and oxygen atoms in total. The SMILES string of the molecule is C=C(C[N+](C)(C)C)OC(C)OCCCC.[Cl-]. The Kier molecular flexibility index (Phi) is 10.0. The highest BCUT2D eigenvalue weighted by molar-refractivity contribution is 4.81. The molecule has 0 heterocycles. The summed E-state index contributed by atoms with van der Waals surface area (Å²) in [5.74, 6) is 0.784. The summed E-state index contributed by atoms with van der Waals surface area (Å²) >= 11 is 0. The van der Waals surface area contributed by atoms with Crippen molar-refractivity contribution < 1.29 is 26.4 Å². The second-order valence-corrected chi connectivity index (χ2v) is 4.90. The molecule has 0 aromatic rings. The van der Waals surface area contributed by atoms with Crippen LogP contribution in [0.4, 0.5) is 0 Å². The Hall–Kier alpha value is -0.250. The van der Waals surface area contributed by atoms with Gasteiger partial charge in [-0.15, -0.1) is 0 Å². The molecule has 0 N–H and O–H groups in total. The van der Waals surface area contributed by atoms with E-state index in [1.54, 1.807) is 0 Å². The van der Waals surface area contributed by atoms with E-state index in [9.17, 15) is 0 Å². The molecule has 1 atom stereocenters. The van der Waals surface area contributed by atoms with Gasteiger partial charge in [0.15, 0.2) is 6.29 Å². The second-order valence-electron chi connectivity index (χ2n) is 4.90. The highest BCUT2D eigenvalue weighted by Gasteiger charge is 2.12. The number of unbranched alkanes of at least 4 members (excludes halogenated alkanes) is 1. The van der Waals surface area contributed by atoms with Crippen LogP contribution in [0.3, 0.4) is 0 Å². The van der Waals surface area contributed by atoms with E-state index < -0.39 is 0 Å². The Balaban J connectivity index is 0. The van der Waals surface area contributed by atoms with E-state index >= 15 is 0 Å². The molecule has 98 valence electrons. The summed E-state index contributed by atoms with van der Waals surface area (Å²) in [6.45, 7) is 9.51. The van der Waals surface area contributed by atoms with Crippen molar-refractivity contribution in [1.82, 2.24) is 0 Å². The van der Waals surface area contributed by atoms with Gasteiger partial charge in [0.1, 0.15) is 12.3 Å². The van der Waals surface area contributed by atoms with E-state index in [2.05, 4.69) is 34.6 Å². The Morgan fingerprint density at radius 1 is 1.31 bits per heavy atom. The number of likely N-dealkylation sites (N-methyl/N-ethyl adjacent to an activating group) is 1. The minimum atomic E-state index is -0.185. The van der Waals surface area contributed by atoms with Crippen molar-refractivity contribution in [3.05, 3.63) is 12.3 Å². The van der Waals surface area contributed by atoms with Crippen LogP contribution in [-0.2, 0) is 9.47 Å². The average molecular weight is 252 g/mol. The quantitative estimate of drug-likeness (QED) is 0.248. The number of hydrogen-bond donors (Lipinski definition) is 0. The molecule has 0 aromatic carbocycles. The van der Waals surface area contributed by atoms with Gasteiger partial charge in [0.25, 0.3) is 0 Å². The smallest absolute Gasteiger partial charge is 0.196 e. The van der Waals surface area contributed by atoms with Gasteiger partial charge in [0.05, 0.1) is 27.7 Å². The highest BCUT2D eigenvalue weighted by Crippen LogP contribution is 2.06. The fraction of sp³-hybridized carbons (Fsp3) is 0.833. The summed E-state index contributed by atoms with van der Waals surface area (Å²) in [5, 5.41) is 0. The summed E-state index contributed by atoms with van der Waals surface area (Å²) in [7, 11) is 6.32. The maximum absolute atomic E-state index is 5.54. The Labute approximate surface area is 106 Å². The van der Waals surface area contributed by atoms with Crippen LogP contribution in [0.1, 0.15) is 26.7 Å². The Morgan fingerprint density at radius 2 is 1.88 bits per heavy atom. The van der Waals surface area contributed by atoms with E-state index in [1.165, 1.54) is 0 Å². The number of halogens is 1. The molecular weight excluding hydrogens is 226 g/mol. The van der Waals surface area contributed by atoms with Crippen molar-refractivity contribution in [3.8, 4) is 0 Å². The fourth-order valence-corrected chi connectivity index (χ4v) is 1.23. The monoisotopic (exact) mass is 251 g/mol. The van der Waals surface area contributed by atoms with Gasteiger partial charge in [0, 0.05) is 0 Å². The van der Waals surface area contributed by atoms with Crippen LogP contribution >= 0.6 is 0 Å². The van der Waals surface area contributed by atoms with Gasteiger partial charge < -0.3 is 26.4 Å². The molecular formula is C12H26ClNO2. The first kappa shape index (κ1) is 18.1. The second kappa shape index (κ2) is 8.85. The number of rotatable bonds is 8. The normalized spacial score (nSPS) is 12.8. The minimum absolute atomic E-state index is 0. The summed E-state index contributed by atoms with van der Waals surface area (Å²) in [4.78, 5) is 0. The van der Waals surface area contributed by atoms with Crippen LogP contribution in [0.15, 0.2) is 12.3 Å². The Morgan fingerprint density at radius 3 is 2.31 bits per heavy atom. The molecule has 0 rings (SSSR count). The average Bonchev–Trinajstić information content (AvgIpc) is 2.00. The van der Waals surface area contributed by atoms with Crippen LogP contribution in [0.25, 0.3) is 0 Å². The van der Waals surface area contributed by atoms with E-state index in [0.717, 1.165) is 36.2 Å². The molecule has 0 aromatic heterocycles. The molecule has 0 aliphatic rings. The van der Waals surface area contributed by atoms with Crippen molar-refractivity contribution in [2.45, 2.75) is 33.0 Å². The first-order valence-corrected chi connectivity index (χ1v) is 5.61. The molecule has 0 saturated heterocycles.